The van der Waals surface area contributed by atoms with Crippen LogP contribution in [0.1, 0.15) is 31.2 Å². The molecule has 1 aromatic heterocycles. The average molecular weight is 403 g/mol. The first-order valence-electron chi connectivity index (χ1n) is 9.06. The van der Waals surface area contributed by atoms with Crippen molar-refractivity contribution in [3.8, 4) is 17.2 Å². The molecule has 5 nitrogen and oxygen atoms in total. The summed E-state index contributed by atoms with van der Waals surface area (Å²) in [4.78, 5) is 16.9. The molecule has 2 heterocycles. The molecule has 2 unspecified atom stereocenters. The van der Waals surface area contributed by atoms with E-state index in [4.69, 9.17) is 10.00 Å². The van der Waals surface area contributed by atoms with Gasteiger partial charge in [0.05, 0.1) is 24.2 Å². The van der Waals surface area contributed by atoms with Gasteiger partial charge in [-0.3, -0.25) is 9.78 Å². The zero-order valence-electron chi connectivity index (χ0n) is 16.0. The fourth-order valence-electron chi connectivity index (χ4n) is 3.60. The molecule has 0 N–H and O–H groups in total. The normalized spacial score (nSPS) is 20.7. The Kier molecular flexibility index (Phi) is 5.89. The first kappa shape index (κ1) is 20.8. The van der Waals surface area contributed by atoms with Crippen LogP contribution in [0, 0.1) is 11.3 Å². The molecule has 0 saturated carbocycles. The summed E-state index contributed by atoms with van der Waals surface area (Å²) in [5.74, 6) is -1.44. The number of hydrogen-bond donors (Lipinski definition) is 0. The van der Waals surface area contributed by atoms with Crippen LogP contribution in [0.4, 0.5) is 13.2 Å². The highest BCUT2D eigenvalue weighted by Gasteiger charge is 2.52. The van der Waals surface area contributed by atoms with Crippen LogP contribution in [0.5, 0.6) is 0 Å². The van der Waals surface area contributed by atoms with Crippen molar-refractivity contribution in [3.63, 3.8) is 0 Å². The number of aromatic nitrogens is 1. The third-order valence-electron chi connectivity index (χ3n) is 4.92. The molecular weight excluding hydrogens is 383 g/mol. The van der Waals surface area contributed by atoms with E-state index in [0.717, 1.165) is 16.0 Å². The average Bonchev–Trinajstić information content (AvgIpc) is 2.98. The van der Waals surface area contributed by atoms with Gasteiger partial charge in [-0.2, -0.15) is 14.0 Å². The summed E-state index contributed by atoms with van der Waals surface area (Å²) in [6.45, 7) is 1.94. The number of alkyl halides is 3. The summed E-state index contributed by atoms with van der Waals surface area (Å²) in [5, 5.41) is 8.71. The van der Waals surface area contributed by atoms with Crippen LogP contribution in [0.15, 0.2) is 42.6 Å². The van der Waals surface area contributed by atoms with Gasteiger partial charge in [0.1, 0.15) is 18.5 Å². The minimum absolute atomic E-state index is 0.229. The third-order valence-corrected chi connectivity index (χ3v) is 4.92. The number of amides is 1. The Morgan fingerprint density at radius 1 is 1.24 bits per heavy atom. The number of halogens is 3. The van der Waals surface area contributed by atoms with Crippen LogP contribution in [0.25, 0.3) is 11.1 Å². The van der Waals surface area contributed by atoms with Crippen molar-refractivity contribution in [1.82, 2.24) is 9.88 Å². The van der Waals surface area contributed by atoms with Gasteiger partial charge in [0.25, 0.3) is 5.91 Å². The molecule has 1 aliphatic heterocycles. The summed E-state index contributed by atoms with van der Waals surface area (Å²) in [5.41, 5.74) is 1.59. The second-order valence-corrected chi connectivity index (χ2v) is 7.21. The molecular formula is C21H20F3N3O2. The summed E-state index contributed by atoms with van der Waals surface area (Å²) in [6.07, 6.45) is -2.20. The highest BCUT2D eigenvalue weighted by Crippen LogP contribution is 2.42. The summed E-state index contributed by atoms with van der Waals surface area (Å²) < 4.78 is 45.5. The molecule has 0 radical (unpaired) electrons. The number of hydrogen-bond acceptors (Lipinski definition) is 4. The van der Waals surface area contributed by atoms with Crippen LogP contribution >= 0.6 is 0 Å². The second-order valence-electron chi connectivity index (χ2n) is 7.21. The topological polar surface area (TPSA) is 66.2 Å². The van der Waals surface area contributed by atoms with Crippen LogP contribution in [-0.2, 0) is 16.0 Å². The maximum Gasteiger partial charge on any atom is 0.315 e. The number of nitriles is 1. The Morgan fingerprint density at radius 2 is 1.90 bits per heavy atom. The van der Waals surface area contributed by atoms with Gasteiger partial charge in [-0.15, -0.1) is 0 Å². The SMILES string of the molecule is CC1(C)OC(c2ccc(-c3ccc(CC#N)nc3)cc2)C(CF)N1C(=O)C(F)F. The van der Waals surface area contributed by atoms with Crippen molar-refractivity contribution in [2.75, 3.05) is 6.67 Å². The van der Waals surface area contributed by atoms with Crippen molar-refractivity contribution < 1.29 is 22.7 Å². The van der Waals surface area contributed by atoms with Crippen molar-refractivity contribution in [2.24, 2.45) is 0 Å². The molecule has 29 heavy (non-hydrogen) atoms. The molecule has 0 spiro atoms. The lowest BCUT2D eigenvalue weighted by atomic mass is 9.99. The molecule has 8 heteroatoms. The molecule has 1 saturated heterocycles. The van der Waals surface area contributed by atoms with Crippen LogP contribution in [0.3, 0.4) is 0 Å². The quantitative estimate of drug-likeness (QED) is 0.755. The highest BCUT2D eigenvalue weighted by atomic mass is 19.3. The number of carbonyl (C=O) groups excluding carboxylic acids is 1. The van der Waals surface area contributed by atoms with Crippen molar-refractivity contribution >= 4 is 5.91 Å². The molecule has 152 valence electrons. The maximum absolute atomic E-state index is 13.7. The number of benzene rings is 1. The van der Waals surface area contributed by atoms with Gasteiger partial charge in [-0.1, -0.05) is 30.3 Å². The number of ether oxygens (including phenoxy) is 1. The van der Waals surface area contributed by atoms with Crippen LogP contribution < -0.4 is 0 Å². The molecule has 2 aromatic rings. The van der Waals surface area contributed by atoms with Gasteiger partial charge in [-0.25, -0.2) is 4.39 Å². The third kappa shape index (κ3) is 4.10. The van der Waals surface area contributed by atoms with Gasteiger partial charge in [-0.05, 0) is 31.0 Å². The zero-order chi connectivity index (χ0) is 21.2. The Morgan fingerprint density at radius 3 is 2.41 bits per heavy atom. The maximum atomic E-state index is 13.7. The fourth-order valence-corrected chi connectivity index (χ4v) is 3.60. The van der Waals surface area contributed by atoms with Crippen LogP contribution in [-0.4, -0.2) is 40.7 Å². The summed E-state index contributed by atoms with van der Waals surface area (Å²) in [7, 11) is 0. The molecule has 1 amide bonds. The minimum Gasteiger partial charge on any atom is -0.346 e. The predicted molar refractivity (Wildman–Crippen MR) is 99.5 cm³/mol. The first-order valence-corrected chi connectivity index (χ1v) is 9.06. The van der Waals surface area contributed by atoms with E-state index in [1.165, 1.54) is 13.8 Å². The van der Waals surface area contributed by atoms with E-state index in [2.05, 4.69) is 4.98 Å². The van der Waals surface area contributed by atoms with E-state index in [0.29, 0.717) is 11.3 Å². The molecule has 1 aliphatic rings. The highest BCUT2D eigenvalue weighted by molar-refractivity contribution is 5.80. The standard InChI is InChI=1S/C21H20F3N3O2/c1-21(2)27(20(28)19(23)24)17(11-22)18(29-21)14-5-3-13(4-6-14)15-7-8-16(9-10-25)26-12-15/h3-8,12,17-19H,9,11H2,1-2H3. The molecule has 0 aliphatic carbocycles. The number of carbonyl (C=O) groups is 1. The van der Waals surface area contributed by atoms with E-state index >= 15 is 0 Å². The predicted octanol–water partition coefficient (Wildman–Crippen LogP) is 4.05. The summed E-state index contributed by atoms with van der Waals surface area (Å²) in [6, 6.07) is 11.5. The molecule has 2 atom stereocenters. The van der Waals surface area contributed by atoms with E-state index in [1.807, 2.05) is 12.1 Å². The number of pyridine rings is 1. The summed E-state index contributed by atoms with van der Waals surface area (Å²) >= 11 is 0. The van der Waals surface area contributed by atoms with E-state index in [1.54, 1.807) is 36.5 Å². The van der Waals surface area contributed by atoms with Crippen molar-refractivity contribution in [1.29, 1.82) is 5.26 Å². The molecule has 0 bridgehead atoms. The largest absolute Gasteiger partial charge is 0.346 e. The van der Waals surface area contributed by atoms with E-state index in [-0.39, 0.29) is 6.42 Å². The minimum atomic E-state index is -3.23. The monoisotopic (exact) mass is 403 g/mol. The number of rotatable bonds is 5. The van der Waals surface area contributed by atoms with Crippen LogP contribution in [0.2, 0.25) is 0 Å². The van der Waals surface area contributed by atoms with Crippen molar-refractivity contribution in [3.05, 3.63) is 53.9 Å². The Balaban J connectivity index is 1.85. The molecule has 3 rings (SSSR count). The van der Waals surface area contributed by atoms with Gasteiger partial charge in [0.2, 0.25) is 0 Å². The van der Waals surface area contributed by atoms with Gasteiger partial charge < -0.3 is 9.64 Å². The Hall–Kier alpha value is -2.92. The lowest BCUT2D eigenvalue weighted by Gasteiger charge is -2.32. The van der Waals surface area contributed by atoms with E-state index in [9.17, 15) is 18.0 Å². The lowest BCUT2D eigenvalue weighted by molar-refractivity contribution is -0.159. The first-order chi connectivity index (χ1) is 13.8. The van der Waals surface area contributed by atoms with E-state index < -0.39 is 36.9 Å². The lowest BCUT2D eigenvalue weighted by Crippen LogP contribution is -2.51. The van der Waals surface area contributed by atoms with Gasteiger partial charge >= 0.3 is 6.43 Å². The number of nitrogens with zero attached hydrogens (tertiary/aromatic N) is 3. The molecule has 1 aromatic carbocycles. The van der Waals surface area contributed by atoms with Gasteiger partial charge in [0.15, 0.2) is 0 Å². The fraction of sp³-hybridized carbons (Fsp3) is 0.381. The Bertz CT molecular complexity index is 908. The Labute approximate surface area is 166 Å². The smallest absolute Gasteiger partial charge is 0.315 e. The van der Waals surface area contributed by atoms with Gasteiger partial charge in [0, 0.05) is 11.8 Å². The second kappa shape index (κ2) is 8.21. The zero-order valence-corrected chi connectivity index (χ0v) is 16.0. The molecule has 1 fully saturated rings. The van der Waals surface area contributed by atoms with Crippen molar-refractivity contribution in [2.45, 2.75) is 44.6 Å².